The highest BCUT2D eigenvalue weighted by atomic mass is 16.5. The maximum atomic E-state index is 11.6. The summed E-state index contributed by atoms with van der Waals surface area (Å²) < 4.78 is 8.30. The number of aromatic nitrogens is 4. The molecule has 19 heavy (non-hydrogen) atoms. The summed E-state index contributed by atoms with van der Waals surface area (Å²) in [5, 5.41) is 10.9. The average molecular weight is 263 g/mol. The molecule has 0 unspecified atom stereocenters. The van der Waals surface area contributed by atoms with E-state index in [1.165, 1.54) is 0 Å². The fourth-order valence-corrected chi connectivity index (χ4v) is 1.66. The molecule has 0 saturated carbocycles. The standard InChI is InChI=1S/C12H17N5O2/c1-16-11(8-14-15-16)7-13-10-3-4-12(18)17(9-10)5-6-19-2/h3-4,8-9,13H,5-7H2,1-2H3. The summed E-state index contributed by atoms with van der Waals surface area (Å²) >= 11 is 0. The molecule has 0 fully saturated rings. The molecule has 0 amide bonds. The van der Waals surface area contributed by atoms with Gasteiger partial charge in [0.05, 0.1) is 30.7 Å². The SMILES string of the molecule is COCCn1cc(NCc2cnnn2C)ccc1=O. The van der Waals surface area contributed by atoms with Crippen LogP contribution in [0.3, 0.4) is 0 Å². The molecule has 1 N–H and O–H groups in total. The molecular formula is C12H17N5O2. The Bertz CT molecular complexity index is 590. The van der Waals surface area contributed by atoms with Gasteiger partial charge in [0, 0.05) is 33.0 Å². The molecule has 2 aromatic rings. The van der Waals surface area contributed by atoms with Crippen LogP contribution in [0.2, 0.25) is 0 Å². The minimum absolute atomic E-state index is 0.0372. The fourth-order valence-electron chi connectivity index (χ4n) is 1.66. The number of aryl methyl sites for hydroxylation is 1. The Labute approximate surface area is 110 Å². The molecule has 0 radical (unpaired) electrons. The van der Waals surface area contributed by atoms with Gasteiger partial charge in [-0.25, -0.2) is 0 Å². The molecule has 0 spiro atoms. The lowest BCUT2D eigenvalue weighted by molar-refractivity contribution is 0.186. The van der Waals surface area contributed by atoms with E-state index in [-0.39, 0.29) is 5.56 Å². The van der Waals surface area contributed by atoms with Crippen molar-refractivity contribution in [2.24, 2.45) is 7.05 Å². The van der Waals surface area contributed by atoms with E-state index in [0.29, 0.717) is 19.7 Å². The first kappa shape index (κ1) is 13.3. The third-order valence-corrected chi connectivity index (χ3v) is 2.80. The Morgan fingerprint density at radius 3 is 2.95 bits per heavy atom. The van der Waals surface area contributed by atoms with Gasteiger partial charge < -0.3 is 14.6 Å². The largest absolute Gasteiger partial charge is 0.383 e. The highest BCUT2D eigenvalue weighted by Gasteiger charge is 2.01. The van der Waals surface area contributed by atoms with Crippen LogP contribution >= 0.6 is 0 Å². The molecule has 2 aromatic heterocycles. The van der Waals surface area contributed by atoms with Gasteiger partial charge in [-0.3, -0.25) is 9.48 Å². The van der Waals surface area contributed by atoms with E-state index >= 15 is 0 Å². The van der Waals surface area contributed by atoms with Crippen LogP contribution in [0.5, 0.6) is 0 Å². The highest BCUT2D eigenvalue weighted by molar-refractivity contribution is 5.40. The molecule has 7 nitrogen and oxygen atoms in total. The predicted molar refractivity (Wildman–Crippen MR) is 70.9 cm³/mol. The zero-order valence-electron chi connectivity index (χ0n) is 11.0. The molecule has 2 rings (SSSR count). The number of nitrogens with one attached hydrogen (secondary N) is 1. The molecule has 0 aliphatic rings. The molecule has 0 aromatic carbocycles. The second-order valence-corrected chi connectivity index (χ2v) is 4.14. The number of nitrogens with zero attached hydrogens (tertiary/aromatic N) is 4. The number of anilines is 1. The van der Waals surface area contributed by atoms with Gasteiger partial charge in [0.2, 0.25) is 0 Å². The van der Waals surface area contributed by atoms with Crippen LogP contribution < -0.4 is 10.9 Å². The highest BCUT2D eigenvalue weighted by Crippen LogP contribution is 2.05. The Balaban J connectivity index is 2.04. The topological polar surface area (TPSA) is 74.0 Å². The van der Waals surface area contributed by atoms with E-state index in [1.807, 2.05) is 7.05 Å². The maximum Gasteiger partial charge on any atom is 0.250 e. The van der Waals surface area contributed by atoms with Crippen LogP contribution in [-0.4, -0.2) is 33.3 Å². The van der Waals surface area contributed by atoms with Crippen molar-refractivity contribution >= 4 is 5.69 Å². The minimum atomic E-state index is -0.0372. The van der Waals surface area contributed by atoms with Gasteiger partial charge in [0.25, 0.3) is 5.56 Å². The van der Waals surface area contributed by atoms with E-state index in [4.69, 9.17) is 4.74 Å². The lowest BCUT2D eigenvalue weighted by Gasteiger charge is -2.09. The summed E-state index contributed by atoms with van der Waals surface area (Å²) in [4.78, 5) is 11.6. The second-order valence-electron chi connectivity index (χ2n) is 4.14. The number of hydrogen-bond donors (Lipinski definition) is 1. The van der Waals surface area contributed by atoms with Gasteiger partial charge in [-0.1, -0.05) is 5.21 Å². The molecule has 0 bridgehead atoms. The van der Waals surface area contributed by atoms with Crippen molar-refractivity contribution in [1.29, 1.82) is 0 Å². The Morgan fingerprint density at radius 1 is 1.42 bits per heavy atom. The van der Waals surface area contributed by atoms with Crippen molar-refractivity contribution in [3.8, 4) is 0 Å². The van der Waals surface area contributed by atoms with Crippen molar-refractivity contribution in [1.82, 2.24) is 19.6 Å². The zero-order chi connectivity index (χ0) is 13.7. The summed E-state index contributed by atoms with van der Waals surface area (Å²) in [7, 11) is 3.45. The van der Waals surface area contributed by atoms with Crippen molar-refractivity contribution in [3.05, 3.63) is 40.6 Å². The van der Waals surface area contributed by atoms with Crippen LogP contribution in [0.1, 0.15) is 5.69 Å². The van der Waals surface area contributed by atoms with Gasteiger partial charge in [0.15, 0.2) is 0 Å². The van der Waals surface area contributed by atoms with Crippen molar-refractivity contribution in [2.75, 3.05) is 19.0 Å². The zero-order valence-corrected chi connectivity index (χ0v) is 11.0. The summed E-state index contributed by atoms with van der Waals surface area (Å²) in [6.07, 6.45) is 3.49. The van der Waals surface area contributed by atoms with Crippen molar-refractivity contribution < 1.29 is 4.74 Å². The first-order chi connectivity index (χ1) is 9.20. The lowest BCUT2D eigenvalue weighted by Crippen LogP contribution is -2.21. The second kappa shape index (κ2) is 6.14. The van der Waals surface area contributed by atoms with Gasteiger partial charge in [-0.2, -0.15) is 0 Å². The van der Waals surface area contributed by atoms with Gasteiger partial charge in [0.1, 0.15) is 0 Å². The number of methoxy groups -OCH3 is 1. The molecule has 102 valence electrons. The van der Waals surface area contributed by atoms with Crippen LogP contribution in [0.4, 0.5) is 5.69 Å². The Morgan fingerprint density at radius 2 is 2.26 bits per heavy atom. The average Bonchev–Trinajstić information content (AvgIpc) is 2.82. The first-order valence-corrected chi connectivity index (χ1v) is 5.97. The normalized spacial score (nSPS) is 10.6. The van der Waals surface area contributed by atoms with Crippen LogP contribution in [-0.2, 0) is 24.9 Å². The maximum absolute atomic E-state index is 11.6. The van der Waals surface area contributed by atoms with Crippen molar-refractivity contribution in [3.63, 3.8) is 0 Å². The van der Waals surface area contributed by atoms with E-state index in [1.54, 1.807) is 40.9 Å². The first-order valence-electron chi connectivity index (χ1n) is 5.97. The molecule has 0 aliphatic carbocycles. The van der Waals surface area contributed by atoms with Crippen LogP contribution in [0, 0.1) is 0 Å². The van der Waals surface area contributed by atoms with Gasteiger partial charge in [-0.05, 0) is 6.07 Å². The van der Waals surface area contributed by atoms with E-state index in [2.05, 4.69) is 15.6 Å². The monoisotopic (exact) mass is 263 g/mol. The third-order valence-electron chi connectivity index (χ3n) is 2.80. The van der Waals surface area contributed by atoms with Gasteiger partial charge in [-0.15, -0.1) is 5.10 Å². The molecular weight excluding hydrogens is 246 g/mol. The summed E-state index contributed by atoms with van der Waals surface area (Å²) in [5.41, 5.74) is 1.80. The number of pyridine rings is 1. The summed E-state index contributed by atoms with van der Waals surface area (Å²) in [6, 6.07) is 3.30. The smallest absolute Gasteiger partial charge is 0.250 e. The number of ether oxygens (including phenoxy) is 1. The van der Waals surface area contributed by atoms with Crippen LogP contribution in [0.25, 0.3) is 0 Å². The van der Waals surface area contributed by atoms with E-state index in [9.17, 15) is 4.79 Å². The summed E-state index contributed by atoms with van der Waals surface area (Å²) in [6.45, 7) is 1.65. The molecule has 2 heterocycles. The Kier molecular flexibility index (Phi) is 4.30. The molecule has 0 saturated heterocycles. The van der Waals surface area contributed by atoms with Gasteiger partial charge >= 0.3 is 0 Å². The summed E-state index contributed by atoms with van der Waals surface area (Å²) in [5.74, 6) is 0. The third kappa shape index (κ3) is 3.41. The number of hydrogen-bond acceptors (Lipinski definition) is 5. The quantitative estimate of drug-likeness (QED) is 0.808. The lowest BCUT2D eigenvalue weighted by atomic mass is 10.3. The van der Waals surface area contributed by atoms with Crippen LogP contribution in [0.15, 0.2) is 29.3 Å². The fraction of sp³-hybridized carbons (Fsp3) is 0.417. The van der Waals surface area contributed by atoms with Crippen molar-refractivity contribution in [2.45, 2.75) is 13.1 Å². The molecule has 0 atom stereocenters. The minimum Gasteiger partial charge on any atom is -0.383 e. The van der Waals surface area contributed by atoms with E-state index in [0.717, 1.165) is 11.4 Å². The Hall–Kier alpha value is -2.15. The number of rotatable bonds is 6. The predicted octanol–water partition coefficient (Wildman–Crippen LogP) is 0.235. The van der Waals surface area contributed by atoms with E-state index < -0.39 is 0 Å². The molecule has 0 aliphatic heterocycles. The molecule has 7 heteroatoms.